The number of hydrogen-bond donors (Lipinski definition) is 1. The lowest BCUT2D eigenvalue weighted by Crippen LogP contribution is -2.22. The van der Waals surface area contributed by atoms with E-state index in [1.54, 1.807) is 30.6 Å². The summed E-state index contributed by atoms with van der Waals surface area (Å²) >= 11 is 0. The monoisotopic (exact) mass is 415 g/mol. The standard InChI is InChI=1S/C21H26FN3O3Si/c1-27-19-7-5-6-16(22)20(19)14-10-17-18(11-15(14)21(23)26)25(12-24-17)13-28-8-9-29(2,3)4/h5-7,10-12H,8-9,13H2,1-4H3,(H2,23,26). The van der Waals surface area contributed by atoms with Crippen molar-refractivity contribution in [1.29, 1.82) is 0 Å². The zero-order valence-corrected chi connectivity index (χ0v) is 18.2. The number of ether oxygens (including phenoxy) is 2. The molecule has 0 aliphatic carbocycles. The number of amides is 1. The molecule has 0 saturated carbocycles. The highest BCUT2D eigenvalue weighted by Crippen LogP contribution is 2.36. The smallest absolute Gasteiger partial charge is 0.249 e. The Labute approximate surface area is 170 Å². The zero-order valence-electron chi connectivity index (χ0n) is 17.2. The number of halogens is 1. The van der Waals surface area contributed by atoms with Gasteiger partial charge in [0.1, 0.15) is 18.3 Å². The van der Waals surface area contributed by atoms with Crippen molar-refractivity contribution in [1.82, 2.24) is 9.55 Å². The highest BCUT2D eigenvalue weighted by atomic mass is 28.3. The van der Waals surface area contributed by atoms with E-state index in [9.17, 15) is 9.18 Å². The second kappa shape index (κ2) is 8.34. The van der Waals surface area contributed by atoms with Crippen molar-refractivity contribution < 1.29 is 18.7 Å². The lowest BCUT2D eigenvalue weighted by atomic mass is 9.97. The number of rotatable bonds is 8. The van der Waals surface area contributed by atoms with Crippen LogP contribution in [0.1, 0.15) is 10.4 Å². The molecule has 0 aliphatic rings. The van der Waals surface area contributed by atoms with Gasteiger partial charge in [0, 0.05) is 25.8 Å². The van der Waals surface area contributed by atoms with Crippen molar-refractivity contribution in [2.75, 3.05) is 13.7 Å². The summed E-state index contributed by atoms with van der Waals surface area (Å²) < 4.78 is 27.5. The number of carbonyl (C=O) groups is 1. The molecule has 2 N–H and O–H groups in total. The van der Waals surface area contributed by atoms with Gasteiger partial charge in [0.2, 0.25) is 5.91 Å². The maximum atomic E-state index is 14.6. The van der Waals surface area contributed by atoms with Crippen LogP contribution in [0.3, 0.4) is 0 Å². The third-order valence-electron chi connectivity index (χ3n) is 4.72. The van der Waals surface area contributed by atoms with E-state index in [4.69, 9.17) is 15.2 Å². The van der Waals surface area contributed by atoms with Crippen LogP contribution in [0, 0.1) is 5.82 Å². The number of nitrogens with two attached hydrogens (primary N) is 1. The lowest BCUT2D eigenvalue weighted by molar-refractivity contribution is 0.0898. The number of benzene rings is 2. The summed E-state index contributed by atoms with van der Waals surface area (Å²) in [5.41, 5.74) is 7.67. The Morgan fingerprint density at radius 2 is 2.03 bits per heavy atom. The summed E-state index contributed by atoms with van der Waals surface area (Å²) in [6.45, 7) is 7.87. The van der Waals surface area contributed by atoms with Crippen LogP contribution in [0.2, 0.25) is 25.7 Å². The number of carbonyl (C=O) groups excluding carboxylic acids is 1. The molecule has 1 aromatic heterocycles. The molecule has 2 aromatic carbocycles. The van der Waals surface area contributed by atoms with E-state index in [1.807, 2.05) is 4.57 Å². The van der Waals surface area contributed by atoms with Gasteiger partial charge in [-0.25, -0.2) is 9.37 Å². The van der Waals surface area contributed by atoms with E-state index in [1.165, 1.54) is 13.2 Å². The van der Waals surface area contributed by atoms with E-state index < -0.39 is 19.8 Å². The van der Waals surface area contributed by atoms with E-state index in [0.29, 0.717) is 35.7 Å². The number of hydrogen-bond acceptors (Lipinski definition) is 4. The molecule has 154 valence electrons. The summed E-state index contributed by atoms with van der Waals surface area (Å²) in [7, 11) is 0.277. The Bertz CT molecular complexity index is 1040. The fraction of sp³-hybridized carbons (Fsp3) is 0.333. The van der Waals surface area contributed by atoms with Gasteiger partial charge in [-0.05, 0) is 30.3 Å². The van der Waals surface area contributed by atoms with Gasteiger partial charge in [0.25, 0.3) is 0 Å². The van der Waals surface area contributed by atoms with Gasteiger partial charge in [-0.3, -0.25) is 4.79 Å². The largest absolute Gasteiger partial charge is 0.496 e. The van der Waals surface area contributed by atoms with Crippen LogP contribution < -0.4 is 10.5 Å². The molecular weight excluding hydrogens is 389 g/mol. The Morgan fingerprint density at radius 1 is 1.28 bits per heavy atom. The van der Waals surface area contributed by atoms with Crippen molar-refractivity contribution >= 4 is 25.0 Å². The van der Waals surface area contributed by atoms with Crippen LogP contribution in [0.4, 0.5) is 4.39 Å². The van der Waals surface area contributed by atoms with E-state index in [0.717, 1.165) is 6.04 Å². The van der Waals surface area contributed by atoms with Crippen LogP contribution in [-0.2, 0) is 11.5 Å². The fourth-order valence-corrected chi connectivity index (χ4v) is 3.85. The molecule has 0 saturated heterocycles. The number of primary amides is 1. The first kappa shape index (κ1) is 21.0. The molecule has 3 aromatic rings. The highest BCUT2D eigenvalue weighted by molar-refractivity contribution is 6.76. The van der Waals surface area contributed by atoms with Crippen LogP contribution in [0.25, 0.3) is 22.2 Å². The normalized spacial score (nSPS) is 11.8. The second-order valence-electron chi connectivity index (χ2n) is 8.13. The van der Waals surface area contributed by atoms with Crippen molar-refractivity contribution in [3.05, 3.63) is 48.0 Å². The molecular formula is C21H26FN3O3Si. The van der Waals surface area contributed by atoms with Crippen molar-refractivity contribution in [2.24, 2.45) is 5.73 Å². The Hall–Kier alpha value is -2.71. The number of methoxy groups -OCH3 is 1. The molecule has 0 spiro atoms. The van der Waals surface area contributed by atoms with E-state index in [-0.39, 0.29) is 11.1 Å². The van der Waals surface area contributed by atoms with Gasteiger partial charge in [0.05, 0.1) is 30.0 Å². The van der Waals surface area contributed by atoms with Crippen molar-refractivity contribution in [2.45, 2.75) is 32.4 Å². The quantitative estimate of drug-likeness (QED) is 0.440. The number of imidazole rings is 1. The van der Waals surface area contributed by atoms with Gasteiger partial charge in [-0.15, -0.1) is 0 Å². The second-order valence-corrected chi connectivity index (χ2v) is 13.8. The van der Waals surface area contributed by atoms with Crippen molar-refractivity contribution in [3.8, 4) is 16.9 Å². The Kier molecular flexibility index (Phi) is 6.04. The minimum absolute atomic E-state index is 0.187. The summed E-state index contributed by atoms with van der Waals surface area (Å²) in [6.07, 6.45) is 1.65. The van der Waals surface area contributed by atoms with Crippen molar-refractivity contribution in [3.63, 3.8) is 0 Å². The number of aromatic nitrogens is 2. The molecule has 3 rings (SSSR count). The first-order valence-corrected chi connectivity index (χ1v) is 13.1. The first-order chi connectivity index (χ1) is 13.7. The Balaban J connectivity index is 2.00. The molecule has 1 amide bonds. The predicted molar refractivity (Wildman–Crippen MR) is 114 cm³/mol. The molecule has 8 heteroatoms. The van der Waals surface area contributed by atoms with Gasteiger partial charge < -0.3 is 19.8 Å². The lowest BCUT2D eigenvalue weighted by Gasteiger charge is -2.16. The molecule has 0 atom stereocenters. The van der Waals surface area contributed by atoms with Gasteiger partial charge in [-0.2, -0.15) is 0 Å². The minimum atomic E-state index is -1.17. The first-order valence-electron chi connectivity index (χ1n) is 9.40. The number of fused-ring (bicyclic) bond motifs is 1. The minimum Gasteiger partial charge on any atom is -0.496 e. The highest BCUT2D eigenvalue weighted by Gasteiger charge is 2.20. The summed E-state index contributed by atoms with van der Waals surface area (Å²) in [5.74, 6) is -0.833. The van der Waals surface area contributed by atoms with Gasteiger partial charge in [-0.1, -0.05) is 25.7 Å². The van der Waals surface area contributed by atoms with Crippen LogP contribution in [0.15, 0.2) is 36.7 Å². The zero-order chi connectivity index (χ0) is 21.2. The van der Waals surface area contributed by atoms with Crippen LogP contribution in [-0.4, -0.2) is 37.2 Å². The molecule has 1 heterocycles. The molecule has 0 fully saturated rings. The molecule has 29 heavy (non-hydrogen) atoms. The molecule has 0 aliphatic heterocycles. The van der Waals surface area contributed by atoms with Crippen LogP contribution >= 0.6 is 0 Å². The van der Waals surface area contributed by atoms with Gasteiger partial charge >= 0.3 is 0 Å². The average molecular weight is 416 g/mol. The Morgan fingerprint density at radius 3 is 2.69 bits per heavy atom. The number of nitrogens with zero attached hydrogens (tertiary/aromatic N) is 2. The molecule has 6 nitrogen and oxygen atoms in total. The third-order valence-corrected chi connectivity index (χ3v) is 6.42. The van der Waals surface area contributed by atoms with Gasteiger partial charge in [0.15, 0.2) is 0 Å². The molecule has 0 radical (unpaired) electrons. The summed E-state index contributed by atoms with van der Waals surface area (Å²) in [6, 6.07) is 8.86. The summed E-state index contributed by atoms with van der Waals surface area (Å²) in [4.78, 5) is 16.6. The third kappa shape index (κ3) is 4.65. The SMILES string of the molecule is COc1cccc(F)c1-c1cc2ncn(COCC[Si](C)(C)C)c2cc1C(N)=O. The van der Waals surface area contributed by atoms with E-state index in [2.05, 4.69) is 24.6 Å². The topological polar surface area (TPSA) is 79.4 Å². The maximum absolute atomic E-state index is 14.6. The predicted octanol–water partition coefficient (Wildman–Crippen LogP) is 4.26. The maximum Gasteiger partial charge on any atom is 0.249 e. The average Bonchev–Trinajstić information content (AvgIpc) is 3.05. The van der Waals surface area contributed by atoms with Crippen LogP contribution in [0.5, 0.6) is 5.75 Å². The fourth-order valence-electron chi connectivity index (χ4n) is 3.10. The van der Waals surface area contributed by atoms with E-state index >= 15 is 0 Å². The summed E-state index contributed by atoms with van der Waals surface area (Å²) in [5, 5.41) is 0. The molecule has 0 bridgehead atoms. The molecule has 0 unspecified atom stereocenters.